The largest absolute Gasteiger partial charge is 0.441 e. The van der Waals surface area contributed by atoms with Crippen molar-refractivity contribution in [1.29, 1.82) is 0 Å². The highest BCUT2D eigenvalue weighted by Crippen LogP contribution is 2.46. The number of halogens is 1. The summed E-state index contributed by atoms with van der Waals surface area (Å²) < 4.78 is 13.1. The van der Waals surface area contributed by atoms with Crippen molar-refractivity contribution in [1.82, 2.24) is 19.1 Å². The van der Waals surface area contributed by atoms with Crippen molar-refractivity contribution in [3.05, 3.63) is 173 Å². The van der Waals surface area contributed by atoms with Gasteiger partial charge in [0.1, 0.15) is 11.3 Å². The second-order valence-electron chi connectivity index (χ2n) is 15.8. The lowest BCUT2D eigenvalue weighted by molar-refractivity contribution is 0.566. The molecule has 0 amide bonds. The van der Waals surface area contributed by atoms with E-state index in [9.17, 15) is 0 Å². The van der Waals surface area contributed by atoms with E-state index in [1.165, 1.54) is 58.1 Å². The average Bonchev–Trinajstić information content (AvgIpc) is 4.06. The second-order valence-corrected chi connectivity index (χ2v) is 17.2. The Kier molecular flexibility index (Phi) is 9.60. The van der Waals surface area contributed by atoms with Crippen molar-refractivity contribution in [3.8, 4) is 22.6 Å². The van der Waals surface area contributed by atoms with Crippen LogP contribution in [0.25, 0.3) is 127 Å². The van der Waals surface area contributed by atoms with Gasteiger partial charge >= 0.3 is 0 Å². The summed E-state index contributed by atoms with van der Waals surface area (Å²) in [6.07, 6.45) is 9.99. The third kappa shape index (κ3) is 5.83. The van der Waals surface area contributed by atoms with Crippen LogP contribution in [0.1, 0.15) is 39.0 Å². The minimum absolute atomic E-state index is 0.268. The molecule has 310 valence electrons. The van der Waals surface area contributed by atoms with Crippen molar-refractivity contribution in [3.63, 3.8) is 0 Å². The number of rotatable bonds is 5. The fraction of sp³-hybridized carbons (Fsp3) is 0.0877. The predicted octanol–water partition coefficient (Wildman–Crippen LogP) is 15.4. The Morgan fingerprint density at radius 2 is 1.38 bits per heavy atom. The molecule has 7 heteroatoms. The highest BCUT2D eigenvalue weighted by atomic mass is 35.5. The van der Waals surface area contributed by atoms with Crippen molar-refractivity contribution in [2.45, 2.75) is 34.6 Å². The van der Waals surface area contributed by atoms with E-state index in [2.05, 4.69) is 169 Å². The van der Waals surface area contributed by atoms with Gasteiger partial charge in [-0.2, -0.15) is 4.98 Å². The zero-order chi connectivity index (χ0) is 43.8. The fourth-order valence-electron chi connectivity index (χ4n) is 9.77. The summed E-state index contributed by atoms with van der Waals surface area (Å²) in [5.41, 5.74) is 8.73. The number of furan rings is 1. The molecule has 5 nitrogen and oxygen atoms in total. The molecule has 0 N–H and O–H groups in total. The Hall–Kier alpha value is -7.25. The Morgan fingerprint density at radius 3 is 2.14 bits per heavy atom. The number of hydrogen-bond acceptors (Lipinski definition) is 4. The standard InChI is InChI=1S/C55H37ClN4OS.C2H6/c1-5-8-20-38-31(4)61-55-50(38)57-54(53(56)58-55)60-44(7-3)37(6-2)48-42-27-34(24-26-41(42)49-43-28-32-16-12-13-17-33(32)30-47(43)62-52(49)51(48)60)35-23-25-40-39-21-14-15-22-45(39)59(46(40)29-35)36-18-10-9-11-19-36;1-2/h5-30H,1H2,2-4H3;1-2H3/b20-8-,37-6+,44-7+;. The quantitative estimate of drug-likeness (QED) is 0.162. The van der Waals surface area contributed by atoms with E-state index in [4.69, 9.17) is 26.0 Å². The molecule has 0 saturated carbocycles. The van der Waals surface area contributed by atoms with Crippen molar-refractivity contribution in [2.24, 2.45) is 0 Å². The van der Waals surface area contributed by atoms with Gasteiger partial charge in [0.2, 0.25) is 5.71 Å². The first-order chi connectivity index (χ1) is 31.4. The highest BCUT2D eigenvalue weighted by molar-refractivity contribution is 7.27. The Labute approximate surface area is 378 Å². The van der Waals surface area contributed by atoms with Crippen molar-refractivity contribution in [2.75, 3.05) is 0 Å². The molecule has 0 aliphatic carbocycles. The minimum Gasteiger partial charge on any atom is -0.441 e. The Balaban J connectivity index is 0.00000225. The van der Waals surface area contributed by atoms with Crippen LogP contribution in [0.15, 0.2) is 151 Å². The average molecular weight is 868 g/mol. The van der Waals surface area contributed by atoms with Gasteiger partial charge in [-0.1, -0.05) is 141 Å². The van der Waals surface area contributed by atoms with E-state index in [1.807, 2.05) is 44.3 Å². The van der Waals surface area contributed by atoms with Crippen molar-refractivity contribution >= 4 is 127 Å². The maximum Gasteiger partial charge on any atom is 0.247 e. The molecule has 0 atom stereocenters. The maximum atomic E-state index is 7.23. The first-order valence-electron chi connectivity index (χ1n) is 21.8. The second kappa shape index (κ2) is 15.5. The van der Waals surface area contributed by atoms with Gasteiger partial charge in [-0.3, -0.25) is 4.57 Å². The molecular weight excluding hydrogens is 824 g/mol. The van der Waals surface area contributed by atoms with Crippen LogP contribution in [0.4, 0.5) is 0 Å². The summed E-state index contributed by atoms with van der Waals surface area (Å²) in [7, 11) is 0. The van der Waals surface area contributed by atoms with Crippen LogP contribution in [0, 0.1) is 6.92 Å². The third-order valence-corrected chi connectivity index (χ3v) is 13.9. The van der Waals surface area contributed by atoms with E-state index in [1.54, 1.807) is 6.08 Å². The van der Waals surface area contributed by atoms with Crippen LogP contribution in [0.3, 0.4) is 0 Å². The number of thiophene rings is 1. The van der Waals surface area contributed by atoms with Crippen LogP contribution in [0.5, 0.6) is 0 Å². The zero-order valence-corrected chi connectivity index (χ0v) is 37.8. The minimum atomic E-state index is 0.268. The zero-order valence-electron chi connectivity index (χ0n) is 36.2. The summed E-state index contributed by atoms with van der Waals surface area (Å²) in [5.74, 6) is 1.27. The Morgan fingerprint density at radius 1 is 0.672 bits per heavy atom. The summed E-state index contributed by atoms with van der Waals surface area (Å²) in [5, 5.41) is 13.2. The maximum absolute atomic E-state index is 7.23. The highest BCUT2D eigenvalue weighted by Gasteiger charge is 2.25. The molecule has 0 unspecified atom stereocenters. The first-order valence-corrected chi connectivity index (χ1v) is 23.0. The third-order valence-electron chi connectivity index (χ3n) is 12.5. The van der Waals surface area contributed by atoms with E-state index in [0.29, 0.717) is 22.8 Å². The number of nitrogens with zero attached hydrogens (tertiary/aromatic N) is 4. The SMILES string of the molecule is C=C/C=C\c1c(C)oc2nc(Cl)c(-n3c(=C/C)/c(=C\C)c4c5cc(-c6ccc7c8ccccc8n(-c8ccccc8)c7c6)ccc5c5c6cc7ccccc7cc6sc5c43)nc12.CC. The summed E-state index contributed by atoms with van der Waals surface area (Å²) in [4.78, 5) is 10.2. The van der Waals surface area contributed by atoms with Crippen LogP contribution in [0.2, 0.25) is 5.15 Å². The molecule has 0 aliphatic rings. The van der Waals surface area contributed by atoms with Crippen LogP contribution < -0.4 is 10.6 Å². The van der Waals surface area contributed by atoms with Crippen LogP contribution >= 0.6 is 22.9 Å². The van der Waals surface area contributed by atoms with Gasteiger partial charge < -0.3 is 8.98 Å². The number of fused-ring (bicyclic) bond motifs is 13. The lowest BCUT2D eigenvalue weighted by Crippen LogP contribution is -2.28. The summed E-state index contributed by atoms with van der Waals surface area (Å²) in [6, 6.07) is 46.6. The Bertz CT molecular complexity index is 4050. The van der Waals surface area contributed by atoms with Gasteiger partial charge in [-0.25, -0.2) is 4.98 Å². The lowest BCUT2D eigenvalue weighted by atomic mass is 9.94. The summed E-state index contributed by atoms with van der Waals surface area (Å²) >= 11 is 9.05. The molecule has 7 aromatic carbocycles. The van der Waals surface area contributed by atoms with Crippen LogP contribution in [-0.2, 0) is 0 Å². The normalized spacial score (nSPS) is 12.7. The van der Waals surface area contributed by atoms with Crippen molar-refractivity contribution < 1.29 is 4.42 Å². The number of benzene rings is 7. The van der Waals surface area contributed by atoms with Gasteiger partial charge in [0, 0.05) is 48.1 Å². The number of para-hydroxylation sites is 2. The summed E-state index contributed by atoms with van der Waals surface area (Å²) in [6.45, 7) is 14.0. The number of aryl methyl sites for hydroxylation is 1. The molecule has 5 heterocycles. The van der Waals surface area contributed by atoms with Gasteiger partial charge in [0.15, 0.2) is 11.0 Å². The molecule has 5 aromatic heterocycles. The smallest absolute Gasteiger partial charge is 0.247 e. The monoisotopic (exact) mass is 866 g/mol. The van der Waals surface area contributed by atoms with E-state index in [0.717, 1.165) is 49.2 Å². The number of hydrogen-bond donors (Lipinski definition) is 0. The van der Waals surface area contributed by atoms with Gasteiger partial charge in [0.05, 0.1) is 26.6 Å². The molecule has 0 aliphatic heterocycles. The fourth-order valence-corrected chi connectivity index (χ4v) is 11.3. The molecule has 0 radical (unpaired) electrons. The number of allylic oxidation sites excluding steroid dienone is 2. The van der Waals surface area contributed by atoms with Gasteiger partial charge in [-0.15, -0.1) is 11.3 Å². The molecule has 12 aromatic rings. The number of aromatic nitrogens is 4. The van der Waals surface area contributed by atoms with E-state index >= 15 is 0 Å². The van der Waals surface area contributed by atoms with Crippen LogP contribution in [-0.4, -0.2) is 19.1 Å². The topological polar surface area (TPSA) is 48.8 Å². The predicted molar refractivity (Wildman–Crippen MR) is 276 cm³/mol. The molecule has 12 rings (SSSR count). The van der Waals surface area contributed by atoms with Gasteiger partial charge in [0.25, 0.3) is 0 Å². The molecule has 0 saturated heterocycles. The van der Waals surface area contributed by atoms with Gasteiger partial charge in [-0.05, 0) is 102 Å². The van der Waals surface area contributed by atoms with E-state index in [-0.39, 0.29) is 5.15 Å². The first kappa shape index (κ1) is 39.6. The molecule has 0 fully saturated rings. The molecule has 0 bridgehead atoms. The lowest BCUT2D eigenvalue weighted by Gasteiger charge is -2.12. The van der Waals surface area contributed by atoms with E-state index < -0.39 is 0 Å². The molecule has 0 spiro atoms. The molecular formula is C57H43ClN4OS. The molecule has 64 heavy (non-hydrogen) atoms.